The quantitative estimate of drug-likeness (QED) is 0.289. The fraction of sp³-hybridized carbons (Fsp3) is 0.344. The molecule has 0 bridgehead atoms. The Morgan fingerprint density at radius 1 is 1.10 bits per heavy atom. The molecule has 6 nitrogen and oxygen atoms in total. The van der Waals surface area contributed by atoms with Crippen LogP contribution >= 0.6 is 23.2 Å². The van der Waals surface area contributed by atoms with Gasteiger partial charge in [0, 0.05) is 29.1 Å². The molecule has 4 atom stereocenters. The largest absolute Gasteiger partial charge is 0.465 e. The minimum absolute atomic E-state index is 0.00149. The van der Waals surface area contributed by atoms with Crippen molar-refractivity contribution in [2.45, 2.75) is 57.2 Å². The summed E-state index contributed by atoms with van der Waals surface area (Å²) in [5.41, 5.74) is -1.14. The molecule has 0 saturated carbocycles. The first-order valence-corrected chi connectivity index (χ1v) is 14.1. The van der Waals surface area contributed by atoms with Crippen LogP contribution in [0.5, 0.6) is 0 Å². The van der Waals surface area contributed by atoms with Gasteiger partial charge in [0.05, 0.1) is 29.8 Å². The average Bonchev–Trinajstić information content (AvgIpc) is 3.25. The monoisotopic (exact) mass is 613 g/mol. The molecule has 4 rings (SSSR count). The van der Waals surface area contributed by atoms with E-state index in [4.69, 9.17) is 27.9 Å². The van der Waals surface area contributed by atoms with Crippen molar-refractivity contribution in [3.63, 3.8) is 0 Å². The van der Waals surface area contributed by atoms with E-state index in [1.54, 1.807) is 24.3 Å². The van der Waals surface area contributed by atoms with Crippen LogP contribution in [0.25, 0.3) is 0 Å². The number of methoxy groups -OCH3 is 1. The lowest BCUT2D eigenvalue weighted by Gasteiger charge is -2.37. The number of amides is 1. The molecular weight excluding hydrogens is 583 g/mol. The van der Waals surface area contributed by atoms with Crippen LogP contribution in [0.1, 0.15) is 60.2 Å². The van der Waals surface area contributed by atoms with E-state index in [1.165, 1.54) is 37.4 Å². The summed E-state index contributed by atoms with van der Waals surface area (Å²) in [6.07, 6.45) is 0.353. The van der Waals surface area contributed by atoms with E-state index in [9.17, 15) is 14.9 Å². The smallest absolute Gasteiger partial charge is 0.337 e. The summed E-state index contributed by atoms with van der Waals surface area (Å²) in [6, 6.07) is 15.4. The molecule has 3 aromatic rings. The van der Waals surface area contributed by atoms with Crippen molar-refractivity contribution in [3.8, 4) is 6.07 Å². The van der Waals surface area contributed by atoms with Crippen LogP contribution < -0.4 is 10.6 Å². The summed E-state index contributed by atoms with van der Waals surface area (Å²) >= 11 is 12.2. The van der Waals surface area contributed by atoms with E-state index in [1.807, 2.05) is 20.8 Å². The van der Waals surface area contributed by atoms with E-state index in [2.05, 4.69) is 16.7 Å². The summed E-state index contributed by atoms with van der Waals surface area (Å²) in [6.45, 7) is 5.93. The van der Waals surface area contributed by atoms with Crippen molar-refractivity contribution >= 4 is 35.1 Å². The molecule has 1 amide bonds. The zero-order valence-corrected chi connectivity index (χ0v) is 25.1. The first kappa shape index (κ1) is 31.4. The van der Waals surface area contributed by atoms with Crippen LogP contribution in [0.15, 0.2) is 60.7 Å². The highest BCUT2D eigenvalue weighted by molar-refractivity contribution is 6.31. The Hall–Kier alpha value is -3.51. The summed E-state index contributed by atoms with van der Waals surface area (Å²) in [7, 11) is 1.27. The Morgan fingerprint density at radius 2 is 1.81 bits per heavy atom. The second-order valence-corrected chi connectivity index (χ2v) is 12.4. The third kappa shape index (κ3) is 6.14. The molecule has 0 aromatic heterocycles. The predicted molar refractivity (Wildman–Crippen MR) is 157 cm³/mol. The van der Waals surface area contributed by atoms with Crippen LogP contribution in [0.3, 0.4) is 0 Å². The van der Waals surface area contributed by atoms with Gasteiger partial charge in [-0.3, -0.25) is 4.79 Å². The van der Waals surface area contributed by atoms with Gasteiger partial charge in [-0.15, -0.1) is 0 Å². The van der Waals surface area contributed by atoms with Crippen molar-refractivity contribution in [1.29, 1.82) is 5.26 Å². The van der Waals surface area contributed by atoms with E-state index >= 15 is 8.78 Å². The molecule has 0 radical (unpaired) electrons. The van der Waals surface area contributed by atoms with Crippen molar-refractivity contribution in [1.82, 2.24) is 10.6 Å². The van der Waals surface area contributed by atoms with E-state index < -0.39 is 46.9 Å². The summed E-state index contributed by atoms with van der Waals surface area (Å²) in [5.74, 6) is -3.76. The number of esters is 1. The highest BCUT2D eigenvalue weighted by Gasteiger charge is 2.61. The minimum Gasteiger partial charge on any atom is -0.465 e. The van der Waals surface area contributed by atoms with Crippen LogP contribution in [0, 0.1) is 28.4 Å². The van der Waals surface area contributed by atoms with Gasteiger partial charge in [0.15, 0.2) is 0 Å². The van der Waals surface area contributed by atoms with Crippen molar-refractivity contribution < 1.29 is 23.1 Å². The third-order valence-corrected chi connectivity index (χ3v) is 8.07. The topological polar surface area (TPSA) is 91.2 Å². The average molecular weight is 615 g/mol. The number of nitriles is 1. The maximum atomic E-state index is 15.8. The first-order valence-electron chi connectivity index (χ1n) is 13.3. The SMILES string of the molecule is COC(=O)c1cccc(CNC(=O)[C@@H]2N[C@@H](CC(C)(C)C)[C@](C#N)(c3ccc(Cl)cc3F)C2c2cccc(Cl)c2F)c1. The van der Waals surface area contributed by atoms with Crippen LogP contribution in [0.4, 0.5) is 8.78 Å². The molecule has 2 N–H and O–H groups in total. The number of nitrogens with one attached hydrogen (secondary N) is 2. The number of halogens is 4. The first-order chi connectivity index (χ1) is 19.8. The van der Waals surface area contributed by atoms with Crippen molar-refractivity contribution in [2.75, 3.05) is 7.11 Å². The second kappa shape index (κ2) is 12.4. The number of ether oxygens (including phenoxy) is 1. The number of benzene rings is 3. The van der Waals surface area contributed by atoms with Gasteiger partial charge in [0.2, 0.25) is 5.91 Å². The highest BCUT2D eigenvalue weighted by atomic mass is 35.5. The summed E-state index contributed by atoms with van der Waals surface area (Å²) < 4.78 is 36.3. The summed E-state index contributed by atoms with van der Waals surface area (Å²) in [4.78, 5) is 25.9. The molecule has 1 unspecified atom stereocenters. The third-order valence-electron chi connectivity index (χ3n) is 7.55. The van der Waals surface area contributed by atoms with E-state index in [-0.39, 0.29) is 33.1 Å². The zero-order chi connectivity index (χ0) is 30.8. The van der Waals surface area contributed by atoms with Gasteiger partial charge >= 0.3 is 5.97 Å². The summed E-state index contributed by atoms with van der Waals surface area (Å²) in [5, 5.41) is 17.0. The number of rotatable bonds is 7. The Labute approximate surface area is 254 Å². The van der Waals surface area contributed by atoms with Gasteiger partial charge < -0.3 is 15.4 Å². The maximum absolute atomic E-state index is 15.8. The van der Waals surface area contributed by atoms with Gasteiger partial charge in [-0.05, 0) is 53.3 Å². The van der Waals surface area contributed by atoms with E-state index in [0.29, 0.717) is 17.5 Å². The lowest BCUT2D eigenvalue weighted by molar-refractivity contribution is -0.123. The fourth-order valence-electron chi connectivity index (χ4n) is 5.78. The Balaban J connectivity index is 1.85. The molecule has 0 spiro atoms. The Morgan fingerprint density at radius 3 is 2.45 bits per heavy atom. The molecule has 220 valence electrons. The number of hydrogen-bond acceptors (Lipinski definition) is 5. The molecule has 1 aliphatic rings. The molecule has 1 aliphatic heterocycles. The Bertz CT molecular complexity index is 1550. The molecular formula is C32H31Cl2F2N3O3. The lowest BCUT2D eigenvalue weighted by Crippen LogP contribution is -2.45. The lowest BCUT2D eigenvalue weighted by atomic mass is 9.62. The van der Waals surface area contributed by atoms with Gasteiger partial charge in [-0.1, -0.05) is 74.3 Å². The zero-order valence-electron chi connectivity index (χ0n) is 23.6. The molecule has 0 aliphatic carbocycles. The molecule has 1 fully saturated rings. The Kier molecular flexibility index (Phi) is 9.27. The minimum atomic E-state index is -1.72. The molecule has 42 heavy (non-hydrogen) atoms. The number of carbonyl (C=O) groups is 2. The van der Waals surface area contributed by atoms with Crippen molar-refractivity contribution in [3.05, 3.63) is 105 Å². The maximum Gasteiger partial charge on any atom is 0.337 e. The molecule has 1 heterocycles. The molecule has 3 aromatic carbocycles. The normalized spacial score (nSPS) is 21.9. The van der Waals surface area contributed by atoms with Gasteiger partial charge in [-0.2, -0.15) is 5.26 Å². The molecule has 1 saturated heterocycles. The number of hydrogen-bond donors (Lipinski definition) is 2. The van der Waals surface area contributed by atoms with Crippen molar-refractivity contribution in [2.24, 2.45) is 5.41 Å². The van der Waals surface area contributed by atoms with Gasteiger partial charge in [0.25, 0.3) is 0 Å². The van der Waals surface area contributed by atoms with Crippen LogP contribution in [0.2, 0.25) is 10.0 Å². The van der Waals surface area contributed by atoms with E-state index in [0.717, 1.165) is 6.07 Å². The predicted octanol–water partition coefficient (Wildman–Crippen LogP) is 6.70. The standard InChI is InChI=1S/C32H31Cl2F2N3O3/c1-31(2,3)15-25-32(17-37,22-12-11-20(33)14-24(22)35)26(21-9-6-10-23(34)27(21)36)28(39-25)29(40)38-16-18-7-5-8-19(13-18)30(41)42-4/h5-14,25-26,28,39H,15-16H2,1-4H3,(H,38,40)/t25-,26?,28+,32-/m0/s1. The van der Waals surface area contributed by atoms with Crippen LogP contribution in [-0.2, 0) is 21.5 Å². The van der Waals surface area contributed by atoms with Gasteiger partial charge in [0.1, 0.15) is 17.0 Å². The fourth-order valence-corrected chi connectivity index (χ4v) is 6.12. The molecule has 10 heteroatoms. The van der Waals surface area contributed by atoms with Gasteiger partial charge in [-0.25, -0.2) is 13.6 Å². The second-order valence-electron chi connectivity index (χ2n) is 11.6. The number of nitrogens with zero attached hydrogens (tertiary/aromatic N) is 1. The highest BCUT2D eigenvalue weighted by Crippen LogP contribution is 2.52. The number of carbonyl (C=O) groups excluding carboxylic acids is 2. The van der Waals surface area contributed by atoms with Crippen LogP contribution in [-0.4, -0.2) is 31.1 Å².